The van der Waals surface area contributed by atoms with Crippen LogP contribution < -0.4 is 9.80 Å². The van der Waals surface area contributed by atoms with Crippen LogP contribution in [0.15, 0.2) is 84.9 Å². The second kappa shape index (κ2) is 15.1. The standard InChI is InChI=1S/C39H42N4O6/c1-5-40(4)26-16-18-32(34(44)24-26)36(46)28-12-8-10-14-30(28)38(48)42-20-22-43(23-21-42)39(49)31-15-11-9-13-29(31)37(47)33-19-17-27(25-35(33)45)41(6-2)7-3/h8-19,24-25,44-45H,5-7,20-23H2,1-4H3. The van der Waals surface area contributed by atoms with Gasteiger partial charge in [0.15, 0.2) is 11.6 Å². The van der Waals surface area contributed by atoms with Crippen molar-refractivity contribution in [2.24, 2.45) is 0 Å². The van der Waals surface area contributed by atoms with E-state index in [1.807, 2.05) is 32.7 Å². The largest absolute Gasteiger partial charge is 0.507 e. The summed E-state index contributed by atoms with van der Waals surface area (Å²) in [6.45, 7) is 9.12. The van der Waals surface area contributed by atoms with E-state index in [2.05, 4.69) is 4.90 Å². The third kappa shape index (κ3) is 7.13. The minimum absolute atomic E-state index is 0.102. The lowest BCUT2D eigenvalue weighted by atomic mass is 9.96. The number of hydrogen-bond acceptors (Lipinski definition) is 8. The average molecular weight is 663 g/mol. The minimum atomic E-state index is -0.462. The Morgan fingerprint density at radius 2 is 0.939 bits per heavy atom. The normalized spacial score (nSPS) is 12.8. The van der Waals surface area contributed by atoms with Gasteiger partial charge in [-0.25, -0.2) is 0 Å². The zero-order valence-electron chi connectivity index (χ0n) is 28.3. The fourth-order valence-corrected chi connectivity index (χ4v) is 6.11. The summed E-state index contributed by atoms with van der Waals surface area (Å²) >= 11 is 0. The Labute approximate surface area is 286 Å². The Morgan fingerprint density at radius 3 is 1.33 bits per heavy atom. The lowest BCUT2D eigenvalue weighted by Gasteiger charge is -2.35. The van der Waals surface area contributed by atoms with Crippen molar-refractivity contribution < 1.29 is 29.4 Å². The van der Waals surface area contributed by atoms with Crippen molar-refractivity contribution in [3.63, 3.8) is 0 Å². The number of benzene rings is 4. The second-order valence-electron chi connectivity index (χ2n) is 11.9. The molecule has 1 aliphatic rings. The lowest BCUT2D eigenvalue weighted by Crippen LogP contribution is -2.51. The van der Waals surface area contributed by atoms with Crippen molar-refractivity contribution in [3.05, 3.63) is 118 Å². The monoisotopic (exact) mass is 662 g/mol. The van der Waals surface area contributed by atoms with Crippen LogP contribution in [-0.4, -0.2) is 96.3 Å². The van der Waals surface area contributed by atoms with Gasteiger partial charge in [-0.05, 0) is 57.2 Å². The van der Waals surface area contributed by atoms with Gasteiger partial charge in [0.2, 0.25) is 0 Å². The van der Waals surface area contributed by atoms with Gasteiger partial charge >= 0.3 is 0 Å². The Balaban J connectivity index is 1.30. The van der Waals surface area contributed by atoms with E-state index in [0.29, 0.717) is 0 Å². The van der Waals surface area contributed by atoms with Crippen molar-refractivity contribution >= 4 is 34.8 Å². The molecule has 1 saturated heterocycles. The molecule has 1 fully saturated rings. The van der Waals surface area contributed by atoms with E-state index >= 15 is 0 Å². The molecule has 10 nitrogen and oxygen atoms in total. The second-order valence-corrected chi connectivity index (χ2v) is 11.9. The topological polar surface area (TPSA) is 122 Å². The summed E-state index contributed by atoms with van der Waals surface area (Å²) in [6.07, 6.45) is 0. The molecule has 0 saturated carbocycles. The first-order valence-corrected chi connectivity index (χ1v) is 16.6. The Bertz CT molecular complexity index is 1880. The van der Waals surface area contributed by atoms with Crippen LogP contribution in [0.25, 0.3) is 0 Å². The maximum absolute atomic E-state index is 13.8. The summed E-state index contributed by atoms with van der Waals surface area (Å²) in [6, 6.07) is 22.9. The zero-order valence-corrected chi connectivity index (χ0v) is 28.3. The Hall–Kier alpha value is -5.64. The molecule has 1 heterocycles. The van der Waals surface area contributed by atoms with E-state index in [0.717, 1.165) is 31.0 Å². The number of nitrogens with zero attached hydrogens (tertiary/aromatic N) is 4. The van der Waals surface area contributed by atoms with Crippen LogP contribution >= 0.6 is 0 Å². The number of piperazine rings is 1. The number of ketones is 2. The van der Waals surface area contributed by atoms with Crippen LogP contribution in [0.4, 0.5) is 11.4 Å². The summed E-state index contributed by atoms with van der Waals surface area (Å²) < 4.78 is 0. The van der Waals surface area contributed by atoms with Crippen LogP contribution in [-0.2, 0) is 0 Å². The molecule has 0 spiro atoms. The molecule has 254 valence electrons. The molecule has 2 N–H and O–H groups in total. The van der Waals surface area contributed by atoms with E-state index in [9.17, 15) is 29.4 Å². The molecule has 5 rings (SSSR count). The highest BCUT2D eigenvalue weighted by Gasteiger charge is 2.30. The first-order chi connectivity index (χ1) is 23.6. The fourth-order valence-electron chi connectivity index (χ4n) is 6.11. The molecule has 0 bridgehead atoms. The SMILES string of the molecule is CCN(C)c1ccc(C(=O)c2ccccc2C(=O)N2CCN(C(=O)c3ccccc3C(=O)c3ccc(N(CC)CC)cc3O)CC2)c(O)c1. The van der Waals surface area contributed by atoms with Crippen molar-refractivity contribution in [1.82, 2.24) is 9.80 Å². The number of phenols is 2. The molecule has 0 radical (unpaired) electrons. The van der Waals surface area contributed by atoms with E-state index in [1.165, 1.54) is 6.07 Å². The van der Waals surface area contributed by atoms with Crippen molar-refractivity contribution in [1.29, 1.82) is 0 Å². The minimum Gasteiger partial charge on any atom is -0.507 e. The molecule has 0 unspecified atom stereocenters. The molecular weight excluding hydrogens is 620 g/mol. The molecular formula is C39H42N4O6. The molecule has 1 aliphatic heterocycles. The van der Waals surface area contributed by atoms with Crippen LogP contribution in [0.1, 0.15) is 73.3 Å². The summed E-state index contributed by atoms with van der Waals surface area (Å²) in [5.41, 5.74) is 2.57. The first kappa shape index (κ1) is 34.7. The highest BCUT2D eigenvalue weighted by atomic mass is 16.3. The number of phenolic OH excluding ortho intramolecular Hbond substituents is 2. The van der Waals surface area contributed by atoms with Gasteiger partial charge in [-0.2, -0.15) is 0 Å². The zero-order chi connectivity index (χ0) is 35.2. The van der Waals surface area contributed by atoms with Crippen molar-refractivity contribution in [2.45, 2.75) is 20.8 Å². The van der Waals surface area contributed by atoms with Gasteiger partial charge in [0.05, 0.1) is 22.3 Å². The van der Waals surface area contributed by atoms with Gasteiger partial charge in [0.25, 0.3) is 11.8 Å². The molecule has 2 amide bonds. The molecule has 0 atom stereocenters. The number of carbonyl (C=O) groups is 4. The van der Waals surface area contributed by atoms with Gasteiger partial charge in [-0.3, -0.25) is 19.2 Å². The molecule has 49 heavy (non-hydrogen) atoms. The Morgan fingerprint density at radius 1 is 0.551 bits per heavy atom. The van der Waals surface area contributed by atoms with Crippen LogP contribution in [0.2, 0.25) is 0 Å². The molecule has 0 aromatic heterocycles. The highest BCUT2D eigenvalue weighted by molar-refractivity contribution is 6.17. The van der Waals surface area contributed by atoms with Gasteiger partial charge < -0.3 is 29.8 Å². The number of aromatic hydroxyl groups is 2. The predicted octanol–water partition coefficient (Wildman–Crippen LogP) is 5.46. The number of hydrogen-bond donors (Lipinski definition) is 2. The maximum atomic E-state index is 13.8. The Kier molecular flexibility index (Phi) is 10.7. The van der Waals surface area contributed by atoms with Crippen molar-refractivity contribution in [2.75, 3.05) is 62.7 Å². The fraction of sp³-hybridized carbons (Fsp3) is 0.282. The van der Waals surface area contributed by atoms with Gasteiger partial charge in [-0.1, -0.05) is 36.4 Å². The lowest BCUT2D eigenvalue weighted by molar-refractivity contribution is 0.0533. The molecule has 0 aliphatic carbocycles. The van der Waals surface area contributed by atoms with E-state index in [-0.39, 0.29) is 82.9 Å². The van der Waals surface area contributed by atoms with Gasteiger partial charge in [0, 0.05) is 87.5 Å². The van der Waals surface area contributed by atoms with Gasteiger partial charge in [-0.15, -0.1) is 0 Å². The smallest absolute Gasteiger partial charge is 0.254 e. The van der Waals surface area contributed by atoms with Crippen molar-refractivity contribution in [3.8, 4) is 11.5 Å². The first-order valence-electron chi connectivity index (χ1n) is 16.6. The number of anilines is 2. The quantitative estimate of drug-likeness (QED) is 0.203. The highest BCUT2D eigenvalue weighted by Crippen LogP contribution is 2.30. The van der Waals surface area contributed by atoms with E-state index in [1.54, 1.807) is 88.7 Å². The maximum Gasteiger partial charge on any atom is 0.254 e. The average Bonchev–Trinajstić information content (AvgIpc) is 3.14. The van der Waals surface area contributed by atoms with E-state index in [4.69, 9.17) is 0 Å². The molecule has 10 heteroatoms. The molecule has 4 aromatic rings. The van der Waals surface area contributed by atoms with Crippen LogP contribution in [0.5, 0.6) is 11.5 Å². The molecule has 4 aromatic carbocycles. The number of rotatable bonds is 11. The predicted molar refractivity (Wildman–Crippen MR) is 190 cm³/mol. The summed E-state index contributed by atoms with van der Waals surface area (Å²) in [5, 5.41) is 21.5. The summed E-state index contributed by atoms with van der Waals surface area (Å²) in [5.74, 6) is -1.94. The van der Waals surface area contributed by atoms with E-state index < -0.39 is 11.6 Å². The van der Waals surface area contributed by atoms with Crippen LogP contribution in [0.3, 0.4) is 0 Å². The van der Waals surface area contributed by atoms with Gasteiger partial charge in [0.1, 0.15) is 11.5 Å². The third-order valence-corrected chi connectivity index (χ3v) is 9.15. The summed E-state index contributed by atoms with van der Waals surface area (Å²) in [7, 11) is 1.88. The summed E-state index contributed by atoms with van der Waals surface area (Å²) in [4.78, 5) is 61.9. The number of carbonyl (C=O) groups excluding carboxylic acids is 4. The van der Waals surface area contributed by atoms with Crippen LogP contribution in [0, 0.1) is 0 Å². The third-order valence-electron chi connectivity index (χ3n) is 9.15. The number of amides is 2.